The van der Waals surface area contributed by atoms with E-state index < -0.39 is 6.04 Å². The third-order valence-corrected chi connectivity index (χ3v) is 6.56. The highest BCUT2D eigenvalue weighted by molar-refractivity contribution is 7.18. The Hall–Kier alpha value is -2.67. The van der Waals surface area contributed by atoms with Crippen LogP contribution in [-0.4, -0.2) is 22.6 Å². The van der Waals surface area contributed by atoms with Crippen LogP contribution in [0.25, 0.3) is 10.2 Å². The Bertz CT molecular complexity index is 1080. The van der Waals surface area contributed by atoms with Crippen LogP contribution in [0.1, 0.15) is 36.8 Å². The number of carbonyl (C=O) groups excluding carboxylic acids is 1. The van der Waals surface area contributed by atoms with Crippen molar-refractivity contribution in [3.8, 4) is 5.75 Å². The second kappa shape index (κ2) is 7.39. The summed E-state index contributed by atoms with van der Waals surface area (Å²) >= 11 is 1.62. The van der Waals surface area contributed by atoms with Crippen molar-refractivity contribution in [1.29, 1.82) is 0 Å². The number of thiophene rings is 1. The molecule has 0 saturated carbocycles. The first-order valence-corrected chi connectivity index (χ1v) is 10.3. The van der Waals surface area contributed by atoms with Crippen LogP contribution in [-0.2, 0) is 17.6 Å². The highest BCUT2D eigenvalue weighted by Gasteiger charge is 2.25. The van der Waals surface area contributed by atoms with Crippen LogP contribution in [0.15, 0.2) is 35.4 Å². The lowest BCUT2D eigenvalue weighted by Crippen LogP contribution is -2.32. The summed E-state index contributed by atoms with van der Waals surface area (Å²) in [4.78, 5) is 32.4. The molecule has 3 aromatic rings. The Morgan fingerprint density at radius 2 is 2.11 bits per heavy atom. The van der Waals surface area contributed by atoms with Crippen LogP contribution < -0.4 is 15.6 Å². The molecule has 0 fully saturated rings. The van der Waals surface area contributed by atoms with E-state index in [0.29, 0.717) is 22.7 Å². The number of nitrogens with zero attached hydrogens (tertiary/aromatic N) is 2. The topological polar surface area (TPSA) is 73.2 Å². The van der Waals surface area contributed by atoms with Crippen molar-refractivity contribution in [2.45, 2.75) is 39.2 Å². The molecule has 0 spiro atoms. The van der Waals surface area contributed by atoms with Gasteiger partial charge in [0.25, 0.3) is 5.56 Å². The number of anilines is 1. The summed E-state index contributed by atoms with van der Waals surface area (Å²) in [7, 11) is 1.59. The largest absolute Gasteiger partial charge is 0.497 e. The van der Waals surface area contributed by atoms with Gasteiger partial charge in [-0.25, -0.2) is 4.98 Å². The molecule has 4 rings (SSSR count). The fourth-order valence-corrected chi connectivity index (χ4v) is 5.01. The normalized spacial score (nSPS) is 17.2. The molecule has 6 nitrogen and oxygen atoms in total. The van der Waals surface area contributed by atoms with Gasteiger partial charge in [-0.2, -0.15) is 0 Å². The molecule has 0 aliphatic heterocycles. The van der Waals surface area contributed by atoms with Crippen LogP contribution in [0, 0.1) is 5.92 Å². The van der Waals surface area contributed by atoms with Crippen molar-refractivity contribution in [3.63, 3.8) is 0 Å². The van der Waals surface area contributed by atoms with Crippen LogP contribution in [0.3, 0.4) is 0 Å². The van der Waals surface area contributed by atoms with Gasteiger partial charge in [-0.15, -0.1) is 11.3 Å². The maximum atomic E-state index is 13.2. The SMILES string of the molecule is COc1ccc(NC(=O)[C@@H](C)n2cnc3sc4c(c3c2=O)CC[C@H](C)C4)cc1. The van der Waals surface area contributed by atoms with E-state index in [1.807, 2.05) is 0 Å². The second-order valence-corrected chi connectivity index (χ2v) is 8.47. The van der Waals surface area contributed by atoms with Crippen molar-refractivity contribution in [3.05, 3.63) is 51.4 Å². The summed E-state index contributed by atoms with van der Waals surface area (Å²) in [5.41, 5.74) is 1.66. The lowest BCUT2D eigenvalue weighted by atomic mass is 9.89. The molecule has 2 heterocycles. The smallest absolute Gasteiger partial charge is 0.263 e. The van der Waals surface area contributed by atoms with E-state index in [1.54, 1.807) is 49.6 Å². The number of benzene rings is 1. The van der Waals surface area contributed by atoms with E-state index in [1.165, 1.54) is 15.8 Å². The number of hydrogen-bond acceptors (Lipinski definition) is 5. The van der Waals surface area contributed by atoms with Crippen LogP contribution >= 0.6 is 11.3 Å². The Morgan fingerprint density at radius 1 is 1.36 bits per heavy atom. The molecule has 1 aliphatic carbocycles. The number of nitrogens with one attached hydrogen (secondary N) is 1. The lowest BCUT2D eigenvalue weighted by molar-refractivity contribution is -0.118. The summed E-state index contributed by atoms with van der Waals surface area (Å²) in [5, 5.41) is 3.54. The molecule has 2 atom stereocenters. The number of methoxy groups -OCH3 is 1. The van der Waals surface area contributed by atoms with Gasteiger partial charge in [0.15, 0.2) is 0 Å². The zero-order valence-corrected chi connectivity index (χ0v) is 17.0. The Kier molecular flexibility index (Phi) is 4.93. The van der Waals surface area contributed by atoms with Crippen LogP contribution in [0.5, 0.6) is 5.75 Å². The zero-order chi connectivity index (χ0) is 19.8. The third-order valence-electron chi connectivity index (χ3n) is 5.40. The van der Waals surface area contributed by atoms with Gasteiger partial charge in [0.1, 0.15) is 16.6 Å². The lowest BCUT2D eigenvalue weighted by Gasteiger charge is -2.18. The summed E-state index contributed by atoms with van der Waals surface area (Å²) in [6, 6.07) is 6.43. The molecule has 0 unspecified atom stereocenters. The molecule has 1 amide bonds. The predicted molar refractivity (Wildman–Crippen MR) is 111 cm³/mol. The number of hydrogen-bond donors (Lipinski definition) is 1. The van der Waals surface area contributed by atoms with Gasteiger partial charge in [0, 0.05) is 10.6 Å². The molecule has 28 heavy (non-hydrogen) atoms. The van der Waals surface area contributed by atoms with E-state index in [9.17, 15) is 9.59 Å². The second-order valence-electron chi connectivity index (χ2n) is 7.38. The summed E-state index contributed by atoms with van der Waals surface area (Å²) in [6.07, 6.45) is 4.49. The minimum Gasteiger partial charge on any atom is -0.497 e. The van der Waals surface area contributed by atoms with Gasteiger partial charge in [-0.05, 0) is 61.9 Å². The Morgan fingerprint density at radius 3 is 2.82 bits per heavy atom. The van der Waals surface area contributed by atoms with Gasteiger partial charge in [0.2, 0.25) is 5.91 Å². The maximum Gasteiger partial charge on any atom is 0.263 e. The average Bonchev–Trinajstić information content (AvgIpc) is 3.06. The predicted octanol–water partition coefficient (Wildman–Crippen LogP) is 3.79. The van der Waals surface area contributed by atoms with Crippen molar-refractivity contribution < 1.29 is 9.53 Å². The first kappa shape index (κ1) is 18.7. The molecule has 0 bridgehead atoms. The average molecular weight is 398 g/mol. The zero-order valence-electron chi connectivity index (χ0n) is 16.2. The van der Waals surface area contributed by atoms with Crippen molar-refractivity contribution in [2.24, 2.45) is 5.92 Å². The number of rotatable bonds is 4. The number of aryl methyl sites for hydroxylation is 1. The molecule has 7 heteroatoms. The van der Waals surface area contributed by atoms with Gasteiger partial charge < -0.3 is 10.1 Å². The van der Waals surface area contributed by atoms with E-state index in [4.69, 9.17) is 4.74 Å². The van der Waals surface area contributed by atoms with Crippen LogP contribution in [0.4, 0.5) is 5.69 Å². The number of carbonyl (C=O) groups is 1. The molecule has 0 radical (unpaired) electrons. The first-order chi connectivity index (χ1) is 13.5. The molecule has 1 N–H and O–H groups in total. The summed E-state index contributed by atoms with van der Waals surface area (Å²) in [6.45, 7) is 3.96. The van der Waals surface area contributed by atoms with Gasteiger partial charge in [0.05, 0.1) is 18.8 Å². The monoisotopic (exact) mass is 397 g/mol. The molecule has 146 valence electrons. The molecular weight excluding hydrogens is 374 g/mol. The van der Waals surface area contributed by atoms with Crippen molar-refractivity contribution in [2.75, 3.05) is 12.4 Å². The fourth-order valence-electron chi connectivity index (χ4n) is 3.67. The standard InChI is InChI=1S/C21H23N3O3S/c1-12-4-9-16-17(10-12)28-20-18(16)21(26)24(11-22-20)13(2)19(25)23-14-5-7-15(27-3)8-6-14/h5-8,11-13H,4,9-10H2,1-3H3,(H,23,25)/t12-,13+/m0/s1. The van der Waals surface area contributed by atoms with Crippen molar-refractivity contribution >= 4 is 33.1 Å². The highest BCUT2D eigenvalue weighted by Crippen LogP contribution is 2.35. The Labute approximate surface area is 167 Å². The third kappa shape index (κ3) is 3.30. The summed E-state index contributed by atoms with van der Waals surface area (Å²) in [5.74, 6) is 1.09. The maximum absolute atomic E-state index is 13.2. The van der Waals surface area contributed by atoms with Crippen molar-refractivity contribution in [1.82, 2.24) is 9.55 Å². The minimum atomic E-state index is -0.662. The minimum absolute atomic E-state index is 0.130. The molecule has 1 aliphatic rings. The summed E-state index contributed by atoms with van der Waals surface area (Å²) < 4.78 is 6.56. The van der Waals surface area contributed by atoms with Gasteiger partial charge in [-0.1, -0.05) is 6.92 Å². The number of aromatic nitrogens is 2. The number of fused-ring (bicyclic) bond motifs is 3. The fraction of sp³-hybridized carbons (Fsp3) is 0.381. The van der Waals surface area contributed by atoms with E-state index in [2.05, 4.69) is 17.2 Å². The van der Waals surface area contributed by atoms with Gasteiger partial charge >= 0.3 is 0 Å². The van der Waals surface area contributed by atoms with E-state index in [-0.39, 0.29) is 11.5 Å². The Balaban J connectivity index is 1.63. The highest BCUT2D eigenvalue weighted by atomic mass is 32.1. The number of amides is 1. The van der Waals surface area contributed by atoms with E-state index in [0.717, 1.165) is 29.7 Å². The number of ether oxygens (including phenoxy) is 1. The first-order valence-electron chi connectivity index (χ1n) is 9.44. The molecule has 2 aromatic heterocycles. The van der Waals surface area contributed by atoms with E-state index >= 15 is 0 Å². The quantitative estimate of drug-likeness (QED) is 0.727. The molecular formula is C21H23N3O3S. The molecule has 0 saturated heterocycles. The van der Waals surface area contributed by atoms with Gasteiger partial charge in [-0.3, -0.25) is 14.2 Å². The van der Waals surface area contributed by atoms with Crippen LogP contribution in [0.2, 0.25) is 0 Å². The molecule has 1 aromatic carbocycles.